The number of alkyl carbamates (subject to hydrolysis) is 1. The van der Waals surface area contributed by atoms with Gasteiger partial charge in [-0.2, -0.15) is 0 Å². The normalized spacial score (nSPS) is 22.3. The van der Waals surface area contributed by atoms with Crippen LogP contribution in [0.3, 0.4) is 0 Å². The smallest absolute Gasteiger partial charge is 0.409 e. The van der Waals surface area contributed by atoms with Crippen LogP contribution in [0.25, 0.3) is 0 Å². The molecule has 10 heteroatoms. The number of para-hydroxylation sites is 1. The molecule has 2 aliphatic rings. The molecule has 9 nitrogen and oxygen atoms in total. The molecule has 34 heavy (non-hydrogen) atoms. The Balaban J connectivity index is 1.29. The first-order valence-electron chi connectivity index (χ1n) is 10.8. The second kappa shape index (κ2) is 9.84. The minimum Gasteiger partial charge on any atom is -0.497 e. The summed E-state index contributed by atoms with van der Waals surface area (Å²) >= 11 is 1.52. The van der Waals surface area contributed by atoms with Crippen LogP contribution in [0.15, 0.2) is 54.6 Å². The van der Waals surface area contributed by atoms with Crippen LogP contribution in [0, 0.1) is 0 Å². The Morgan fingerprint density at radius 1 is 1.03 bits per heavy atom. The maximum Gasteiger partial charge on any atom is 0.409 e. The van der Waals surface area contributed by atoms with Gasteiger partial charge in [-0.05, 0) is 43.7 Å². The molecular formula is C24H27N3O6S. The van der Waals surface area contributed by atoms with Crippen molar-refractivity contribution in [2.75, 3.05) is 13.7 Å². The maximum atomic E-state index is 12.8. The number of nitrogens with one attached hydrogen (secondary N) is 2. The average molecular weight is 486 g/mol. The molecule has 180 valence electrons. The summed E-state index contributed by atoms with van der Waals surface area (Å²) in [5.41, 5.74) is 0.814. The molecule has 2 unspecified atom stereocenters. The van der Waals surface area contributed by atoms with Crippen molar-refractivity contribution in [3.63, 3.8) is 0 Å². The quantitative estimate of drug-likeness (QED) is 0.554. The molecule has 4 rings (SSSR count). The van der Waals surface area contributed by atoms with Gasteiger partial charge in [-0.15, -0.1) is 11.8 Å². The van der Waals surface area contributed by atoms with Crippen molar-refractivity contribution in [1.82, 2.24) is 15.5 Å². The molecule has 0 spiro atoms. The van der Waals surface area contributed by atoms with Crippen LogP contribution < -0.4 is 20.1 Å². The number of rotatable bonds is 8. The zero-order valence-corrected chi connectivity index (χ0v) is 20.0. The maximum absolute atomic E-state index is 12.8. The van der Waals surface area contributed by atoms with E-state index >= 15 is 0 Å². The first-order valence-corrected chi connectivity index (χ1v) is 11.7. The molecule has 0 saturated carbocycles. The number of nitrogens with zero attached hydrogens (tertiary/aromatic N) is 1. The lowest BCUT2D eigenvalue weighted by atomic mass is 10.0. The largest absolute Gasteiger partial charge is 0.497 e. The monoisotopic (exact) mass is 485 g/mol. The molecule has 3 amide bonds. The fourth-order valence-electron chi connectivity index (χ4n) is 3.88. The van der Waals surface area contributed by atoms with Gasteiger partial charge in [0.2, 0.25) is 0 Å². The number of hydrogen-bond donors (Lipinski definition) is 2. The van der Waals surface area contributed by atoms with Crippen LogP contribution in [0.1, 0.15) is 19.4 Å². The highest BCUT2D eigenvalue weighted by Gasteiger charge is 2.62. The molecule has 2 saturated heterocycles. The molecule has 0 aliphatic carbocycles. The predicted molar refractivity (Wildman–Crippen MR) is 126 cm³/mol. The van der Waals surface area contributed by atoms with Gasteiger partial charge < -0.3 is 24.4 Å². The van der Waals surface area contributed by atoms with Gasteiger partial charge in [-0.3, -0.25) is 14.9 Å². The number of thioether (sulfide) groups is 1. The number of amides is 3. The zero-order chi connectivity index (χ0) is 24.3. The molecule has 2 aliphatic heterocycles. The number of β-lactam (4-membered cyclic amide) rings is 1. The predicted octanol–water partition coefficient (Wildman–Crippen LogP) is 2.51. The number of fused-ring (bicyclic) bond motifs is 1. The molecule has 2 N–H and O–H groups in total. The van der Waals surface area contributed by atoms with Gasteiger partial charge in [0.15, 0.2) is 6.61 Å². The minimum atomic E-state index is -0.668. The van der Waals surface area contributed by atoms with Crippen molar-refractivity contribution >= 4 is 29.7 Å². The van der Waals surface area contributed by atoms with Crippen LogP contribution in [0.4, 0.5) is 4.79 Å². The summed E-state index contributed by atoms with van der Waals surface area (Å²) in [6.45, 7) is 3.78. The lowest BCUT2D eigenvalue weighted by molar-refractivity contribution is -0.152. The van der Waals surface area contributed by atoms with Crippen molar-refractivity contribution < 1.29 is 28.6 Å². The summed E-state index contributed by atoms with van der Waals surface area (Å²) in [5, 5.41) is 5.27. The summed E-state index contributed by atoms with van der Waals surface area (Å²) in [6.07, 6.45) is -1.18. The van der Waals surface area contributed by atoms with Gasteiger partial charge >= 0.3 is 6.09 Å². The molecule has 0 radical (unpaired) electrons. The topological polar surface area (TPSA) is 106 Å². The van der Waals surface area contributed by atoms with Gasteiger partial charge in [0.25, 0.3) is 11.8 Å². The second-order valence-corrected chi connectivity index (χ2v) is 10.2. The van der Waals surface area contributed by atoms with Crippen molar-refractivity contribution in [2.45, 2.75) is 42.8 Å². The van der Waals surface area contributed by atoms with Crippen LogP contribution in [-0.2, 0) is 20.9 Å². The molecule has 0 aromatic heterocycles. The van der Waals surface area contributed by atoms with E-state index in [-0.39, 0.29) is 30.4 Å². The SMILES string of the molecule is COc1ccc(COC(=O)NC2N3C(=O)C(NC(=O)COc4ccccc4)[C@H]3SC2(C)C)cc1. The van der Waals surface area contributed by atoms with Crippen molar-refractivity contribution in [3.8, 4) is 11.5 Å². The van der Waals surface area contributed by atoms with Crippen LogP contribution >= 0.6 is 11.8 Å². The van der Waals surface area contributed by atoms with E-state index in [2.05, 4.69) is 10.6 Å². The Morgan fingerprint density at radius 2 is 1.74 bits per heavy atom. The number of carbonyl (C=O) groups is 3. The third kappa shape index (κ3) is 5.06. The lowest BCUT2D eigenvalue weighted by Crippen LogP contribution is -2.72. The van der Waals surface area contributed by atoms with E-state index in [4.69, 9.17) is 14.2 Å². The Labute approximate surface area is 202 Å². The highest BCUT2D eigenvalue weighted by Crippen LogP contribution is 2.49. The summed E-state index contributed by atoms with van der Waals surface area (Å²) in [6, 6.07) is 15.5. The molecular weight excluding hydrogens is 458 g/mol. The highest BCUT2D eigenvalue weighted by atomic mass is 32.2. The van der Waals surface area contributed by atoms with Crippen LogP contribution in [0.5, 0.6) is 11.5 Å². The van der Waals surface area contributed by atoms with Crippen LogP contribution in [-0.4, -0.2) is 58.9 Å². The van der Waals surface area contributed by atoms with Gasteiger partial charge in [-0.25, -0.2) is 4.79 Å². The Morgan fingerprint density at radius 3 is 2.41 bits per heavy atom. The standard InChI is InChI=1S/C24H27N3O6S/c1-24(2)22(26-23(30)33-13-15-9-11-16(31-3)12-10-15)27-20(29)19(21(27)34-24)25-18(28)14-32-17-7-5-4-6-8-17/h4-12,19,21-22H,13-14H2,1-3H3,(H,25,28)(H,26,30)/t19?,21-,22?/m1/s1. The van der Waals surface area contributed by atoms with Crippen molar-refractivity contribution in [3.05, 3.63) is 60.2 Å². The first kappa shape index (κ1) is 23.7. The van der Waals surface area contributed by atoms with Gasteiger partial charge in [0.05, 0.1) is 11.9 Å². The van der Waals surface area contributed by atoms with E-state index < -0.39 is 23.0 Å². The van der Waals surface area contributed by atoms with E-state index in [9.17, 15) is 14.4 Å². The number of carbonyl (C=O) groups excluding carboxylic acids is 3. The summed E-state index contributed by atoms with van der Waals surface area (Å²) < 4.78 is 15.4. The average Bonchev–Trinajstić information content (AvgIpc) is 3.07. The molecule has 2 heterocycles. The van der Waals surface area contributed by atoms with E-state index in [0.29, 0.717) is 11.5 Å². The third-order valence-corrected chi connectivity index (χ3v) is 7.23. The van der Waals surface area contributed by atoms with E-state index in [1.807, 2.05) is 44.2 Å². The Bertz CT molecular complexity index is 1050. The van der Waals surface area contributed by atoms with Crippen LogP contribution in [0.2, 0.25) is 0 Å². The van der Waals surface area contributed by atoms with Crippen molar-refractivity contribution in [1.29, 1.82) is 0 Å². The first-order chi connectivity index (χ1) is 16.3. The lowest BCUT2D eigenvalue weighted by Gasteiger charge is -2.44. The molecule has 2 aromatic rings. The zero-order valence-electron chi connectivity index (χ0n) is 19.1. The Hall–Kier alpha value is -3.40. The van der Waals surface area contributed by atoms with Gasteiger partial charge in [0, 0.05) is 0 Å². The summed E-state index contributed by atoms with van der Waals surface area (Å²) in [4.78, 5) is 39.2. The van der Waals surface area contributed by atoms with Crippen molar-refractivity contribution in [2.24, 2.45) is 0 Å². The number of methoxy groups -OCH3 is 1. The second-order valence-electron chi connectivity index (χ2n) is 8.48. The summed E-state index contributed by atoms with van der Waals surface area (Å²) in [7, 11) is 1.58. The third-order valence-electron chi connectivity index (χ3n) is 5.65. The number of benzene rings is 2. The fourth-order valence-corrected chi connectivity index (χ4v) is 5.46. The summed E-state index contributed by atoms with van der Waals surface area (Å²) in [5.74, 6) is 0.661. The fraction of sp³-hybridized carbons (Fsp3) is 0.375. The van der Waals surface area contributed by atoms with E-state index in [1.54, 1.807) is 36.3 Å². The number of hydrogen-bond acceptors (Lipinski definition) is 7. The molecule has 3 atom stereocenters. The number of ether oxygens (including phenoxy) is 3. The molecule has 2 aromatic carbocycles. The molecule has 0 bridgehead atoms. The van der Waals surface area contributed by atoms with E-state index in [1.165, 1.54) is 11.8 Å². The van der Waals surface area contributed by atoms with E-state index in [0.717, 1.165) is 5.56 Å². The minimum absolute atomic E-state index is 0.0909. The Kier molecular flexibility index (Phi) is 6.87. The molecule has 2 fully saturated rings. The van der Waals surface area contributed by atoms with Gasteiger partial charge in [0.1, 0.15) is 35.7 Å². The van der Waals surface area contributed by atoms with Gasteiger partial charge in [-0.1, -0.05) is 30.3 Å². The highest BCUT2D eigenvalue weighted by molar-refractivity contribution is 8.01.